The van der Waals surface area contributed by atoms with Gasteiger partial charge in [-0.15, -0.1) is 0 Å². The minimum atomic E-state index is -0.279. The highest BCUT2D eigenvalue weighted by atomic mass is 16.6. The van der Waals surface area contributed by atoms with Crippen molar-refractivity contribution in [1.82, 2.24) is 4.90 Å². The van der Waals surface area contributed by atoms with Crippen LogP contribution < -0.4 is 19.5 Å². The summed E-state index contributed by atoms with van der Waals surface area (Å²) in [7, 11) is 0. The van der Waals surface area contributed by atoms with Crippen LogP contribution in [0.5, 0.6) is 17.2 Å². The molecule has 160 valence electrons. The Bertz CT molecular complexity index is 880. The number of rotatable bonds is 8. The maximum absolute atomic E-state index is 12.8. The van der Waals surface area contributed by atoms with Gasteiger partial charge in [-0.3, -0.25) is 9.59 Å². The molecule has 1 aliphatic rings. The van der Waals surface area contributed by atoms with Crippen LogP contribution in [0.3, 0.4) is 0 Å². The van der Waals surface area contributed by atoms with Crippen molar-refractivity contribution in [2.24, 2.45) is 5.92 Å². The van der Waals surface area contributed by atoms with Gasteiger partial charge in [-0.1, -0.05) is 13.8 Å². The predicted octanol–water partition coefficient (Wildman–Crippen LogP) is 3.59. The van der Waals surface area contributed by atoms with Crippen LogP contribution in [-0.2, 0) is 4.79 Å². The zero-order valence-electron chi connectivity index (χ0n) is 17.6. The number of nitrogens with one attached hydrogen (secondary N) is 1. The van der Waals surface area contributed by atoms with Gasteiger partial charge in [0.05, 0.1) is 6.61 Å². The largest absolute Gasteiger partial charge is 0.493 e. The van der Waals surface area contributed by atoms with Gasteiger partial charge in [0.1, 0.15) is 25.5 Å². The molecule has 2 amide bonds. The number of carbonyl (C=O) groups is 2. The molecule has 0 saturated carbocycles. The van der Waals surface area contributed by atoms with Gasteiger partial charge < -0.3 is 24.4 Å². The Hall–Kier alpha value is -3.22. The first-order chi connectivity index (χ1) is 14.5. The number of benzene rings is 2. The standard InChI is InChI=1S/C23H28N2O5/c1-4-25(23(27)17-5-8-19(9-6-17)30-15-16(2)3)14-22(26)24-18-7-10-20-21(13-18)29-12-11-28-20/h5-10,13,16H,4,11-12,14-15H2,1-3H3,(H,24,26). The lowest BCUT2D eigenvalue weighted by Gasteiger charge is -2.21. The van der Waals surface area contributed by atoms with Crippen LogP contribution in [0.15, 0.2) is 42.5 Å². The number of hydrogen-bond acceptors (Lipinski definition) is 5. The lowest BCUT2D eigenvalue weighted by atomic mass is 10.2. The summed E-state index contributed by atoms with van der Waals surface area (Å²) in [6.45, 7) is 7.97. The quantitative estimate of drug-likeness (QED) is 0.717. The summed E-state index contributed by atoms with van der Waals surface area (Å²) in [5, 5.41) is 2.81. The van der Waals surface area contributed by atoms with Gasteiger partial charge in [-0.2, -0.15) is 0 Å². The summed E-state index contributed by atoms with van der Waals surface area (Å²) in [6.07, 6.45) is 0. The molecule has 0 aromatic heterocycles. The molecule has 0 bridgehead atoms. The SMILES string of the molecule is CCN(CC(=O)Nc1ccc2c(c1)OCCO2)C(=O)c1ccc(OCC(C)C)cc1. The first-order valence-electron chi connectivity index (χ1n) is 10.2. The smallest absolute Gasteiger partial charge is 0.254 e. The van der Waals surface area contributed by atoms with Gasteiger partial charge in [0.15, 0.2) is 11.5 Å². The molecule has 1 heterocycles. The summed E-state index contributed by atoms with van der Waals surface area (Å²) in [5.41, 5.74) is 1.11. The number of fused-ring (bicyclic) bond motifs is 1. The van der Waals surface area contributed by atoms with E-state index in [1.54, 1.807) is 42.5 Å². The molecule has 3 rings (SSSR count). The van der Waals surface area contributed by atoms with E-state index in [-0.39, 0.29) is 18.4 Å². The molecule has 30 heavy (non-hydrogen) atoms. The fraction of sp³-hybridized carbons (Fsp3) is 0.391. The molecule has 0 atom stereocenters. The van der Waals surface area contributed by atoms with Crippen LogP contribution in [0.25, 0.3) is 0 Å². The number of nitrogens with zero attached hydrogens (tertiary/aromatic N) is 1. The number of anilines is 1. The molecule has 0 saturated heterocycles. The Balaban J connectivity index is 1.58. The molecule has 2 aromatic rings. The van der Waals surface area contributed by atoms with Crippen molar-refractivity contribution in [3.8, 4) is 17.2 Å². The number of hydrogen-bond donors (Lipinski definition) is 1. The molecule has 0 unspecified atom stereocenters. The van der Waals surface area contributed by atoms with Gasteiger partial charge >= 0.3 is 0 Å². The van der Waals surface area contributed by atoms with Crippen molar-refractivity contribution in [3.63, 3.8) is 0 Å². The van der Waals surface area contributed by atoms with Crippen molar-refractivity contribution in [2.75, 3.05) is 38.2 Å². The Morgan fingerprint density at radius 2 is 1.77 bits per heavy atom. The first kappa shape index (κ1) is 21.5. The average Bonchev–Trinajstić information content (AvgIpc) is 2.76. The number of amides is 2. The average molecular weight is 412 g/mol. The number of likely N-dealkylation sites (N-methyl/N-ethyl adjacent to an activating group) is 1. The highest BCUT2D eigenvalue weighted by Crippen LogP contribution is 2.32. The van der Waals surface area contributed by atoms with Crippen LogP contribution in [0, 0.1) is 5.92 Å². The van der Waals surface area contributed by atoms with E-state index in [1.165, 1.54) is 4.90 Å². The Kier molecular flexibility index (Phi) is 7.17. The zero-order chi connectivity index (χ0) is 21.5. The molecule has 1 aliphatic heterocycles. The van der Waals surface area contributed by atoms with Crippen molar-refractivity contribution in [1.29, 1.82) is 0 Å². The third-order valence-electron chi connectivity index (χ3n) is 4.51. The molecule has 0 radical (unpaired) electrons. The second kappa shape index (κ2) is 10.0. The molecule has 1 N–H and O–H groups in total. The summed E-state index contributed by atoms with van der Waals surface area (Å²) < 4.78 is 16.7. The third-order valence-corrected chi connectivity index (χ3v) is 4.51. The number of ether oxygens (including phenoxy) is 3. The Labute approximate surface area is 176 Å². The molecule has 2 aromatic carbocycles. The second-order valence-corrected chi connectivity index (χ2v) is 7.46. The van der Waals surface area contributed by atoms with E-state index in [1.807, 2.05) is 6.92 Å². The van der Waals surface area contributed by atoms with E-state index >= 15 is 0 Å². The molecular weight excluding hydrogens is 384 g/mol. The minimum absolute atomic E-state index is 0.0463. The van der Waals surface area contributed by atoms with Crippen molar-refractivity contribution < 1.29 is 23.8 Å². The van der Waals surface area contributed by atoms with E-state index in [9.17, 15) is 9.59 Å². The van der Waals surface area contributed by atoms with E-state index in [4.69, 9.17) is 14.2 Å². The summed E-state index contributed by atoms with van der Waals surface area (Å²) in [6, 6.07) is 12.2. The molecule has 0 fully saturated rings. The lowest BCUT2D eigenvalue weighted by Crippen LogP contribution is -2.37. The van der Waals surface area contributed by atoms with E-state index in [2.05, 4.69) is 19.2 Å². The predicted molar refractivity (Wildman–Crippen MR) is 114 cm³/mol. The maximum atomic E-state index is 12.8. The van der Waals surface area contributed by atoms with Crippen LogP contribution in [-0.4, -0.2) is 49.6 Å². The van der Waals surface area contributed by atoms with Crippen LogP contribution in [0.2, 0.25) is 0 Å². The molecule has 7 heteroatoms. The third kappa shape index (κ3) is 5.65. The first-order valence-corrected chi connectivity index (χ1v) is 10.2. The van der Waals surface area contributed by atoms with Gasteiger partial charge in [0.25, 0.3) is 5.91 Å². The van der Waals surface area contributed by atoms with Crippen LogP contribution >= 0.6 is 0 Å². The van der Waals surface area contributed by atoms with E-state index in [0.717, 1.165) is 5.75 Å². The van der Waals surface area contributed by atoms with Gasteiger partial charge in [0, 0.05) is 23.9 Å². The monoisotopic (exact) mass is 412 g/mol. The van der Waals surface area contributed by atoms with Crippen LogP contribution in [0.1, 0.15) is 31.1 Å². The summed E-state index contributed by atoms with van der Waals surface area (Å²) in [5.74, 6) is 1.92. The normalized spacial score (nSPS) is 12.4. The highest BCUT2D eigenvalue weighted by molar-refractivity contribution is 5.99. The van der Waals surface area contributed by atoms with E-state index in [0.29, 0.717) is 55.0 Å². The maximum Gasteiger partial charge on any atom is 0.254 e. The van der Waals surface area contributed by atoms with E-state index < -0.39 is 0 Å². The second-order valence-electron chi connectivity index (χ2n) is 7.46. The molecule has 7 nitrogen and oxygen atoms in total. The minimum Gasteiger partial charge on any atom is -0.493 e. The van der Waals surface area contributed by atoms with Gasteiger partial charge in [-0.25, -0.2) is 0 Å². The Morgan fingerprint density at radius 1 is 1.07 bits per heavy atom. The van der Waals surface area contributed by atoms with Gasteiger partial charge in [0.2, 0.25) is 5.91 Å². The Morgan fingerprint density at radius 3 is 2.43 bits per heavy atom. The van der Waals surface area contributed by atoms with Crippen molar-refractivity contribution in [3.05, 3.63) is 48.0 Å². The summed E-state index contributed by atoms with van der Waals surface area (Å²) in [4.78, 5) is 26.8. The fourth-order valence-corrected chi connectivity index (χ4v) is 2.96. The number of carbonyl (C=O) groups excluding carboxylic acids is 2. The van der Waals surface area contributed by atoms with Crippen molar-refractivity contribution >= 4 is 17.5 Å². The van der Waals surface area contributed by atoms with Crippen molar-refractivity contribution in [2.45, 2.75) is 20.8 Å². The topological polar surface area (TPSA) is 77.1 Å². The lowest BCUT2D eigenvalue weighted by molar-refractivity contribution is -0.116. The molecule has 0 aliphatic carbocycles. The zero-order valence-corrected chi connectivity index (χ0v) is 17.6. The molecule has 0 spiro atoms. The highest BCUT2D eigenvalue weighted by Gasteiger charge is 2.18. The summed E-state index contributed by atoms with van der Waals surface area (Å²) >= 11 is 0. The van der Waals surface area contributed by atoms with Crippen LogP contribution in [0.4, 0.5) is 5.69 Å². The fourth-order valence-electron chi connectivity index (χ4n) is 2.96. The van der Waals surface area contributed by atoms with Gasteiger partial charge in [-0.05, 0) is 49.2 Å². The molecular formula is C23H28N2O5.